The first kappa shape index (κ1) is 30.7. The predicted molar refractivity (Wildman–Crippen MR) is 174 cm³/mol. The maximum atomic E-state index is 14.9. The molecule has 5 aromatic rings. The zero-order valence-electron chi connectivity index (χ0n) is 25.5. The zero-order chi connectivity index (χ0) is 30.5. The first-order valence-corrected chi connectivity index (χ1v) is 15.5. The molecule has 3 aromatic carbocycles. The molecule has 0 N–H and O–H groups in total. The Kier molecular flexibility index (Phi) is 9.76. The molecule has 0 aliphatic carbocycles. The van der Waals surface area contributed by atoms with Gasteiger partial charge in [-0.2, -0.15) is 0 Å². The highest BCUT2D eigenvalue weighted by Crippen LogP contribution is 2.40. The molecule has 2 heterocycles. The van der Waals surface area contributed by atoms with Crippen molar-refractivity contribution in [2.45, 2.75) is 46.5 Å². The Balaban J connectivity index is 1.75. The van der Waals surface area contributed by atoms with Gasteiger partial charge in [-0.1, -0.05) is 62.4 Å². The number of hydrogen-bond donors (Lipinski definition) is 0. The number of aromatic nitrogens is 1. The fourth-order valence-electron chi connectivity index (χ4n) is 5.62. The Labute approximate surface area is 257 Å². The van der Waals surface area contributed by atoms with E-state index in [0.717, 1.165) is 33.1 Å². The van der Waals surface area contributed by atoms with Gasteiger partial charge < -0.3 is 14.0 Å². The van der Waals surface area contributed by atoms with Gasteiger partial charge in [0.05, 0.1) is 25.1 Å². The average Bonchev–Trinajstić information content (AvgIpc) is 3.38. The van der Waals surface area contributed by atoms with E-state index in [0.29, 0.717) is 36.2 Å². The number of hydrogen-bond acceptors (Lipinski definition) is 5. The number of nitrogens with zero attached hydrogens (tertiary/aromatic N) is 2. The van der Waals surface area contributed by atoms with Gasteiger partial charge in [0, 0.05) is 41.9 Å². The van der Waals surface area contributed by atoms with Crippen LogP contribution >= 0.6 is 11.3 Å². The third-order valence-corrected chi connectivity index (χ3v) is 8.98. The maximum Gasteiger partial charge on any atom is 0.196 e. The molecule has 2 aromatic heterocycles. The third kappa shape index (κ3) is 6.74. The Morgan fingerprint density at radius 2 is 1.65 bits per heavy atom. The van der Waals surface area contributed by atoms with Crippen LogP contribution in [-0.4, -0.2) is 30.2 Å². The second-order valence-corrected chi connectivity index (χ2v) is 12.2. The van der Waals surface area contributed by atoms with Crippen molar-refractivity contribution in [1.82, 2.24) is 9.47 Å². The molecule has 0 bridgehead atoms. The van der Waals surface area contributed by atoms with Gasteiger partial charge in [0.1, 0.15) is 16.4 Å². The lowest BCUT2D eigenvalue weighted by molar-refractivity contribution is 0.0285. The second kappa shape index (κ2) is 13.7. The topological polar surface area (TPSA) is 43.7 Å². The lowest BCUT2D eigenvalue weighted by atomic mass is 9.97. The number of fused-ring (bicyclic) bond motifs is 1. The largest absolute Gasteiger partial charge is 0.497 e. The molecule has 5 rings (SSSR count). The molecule has 1 unspecified atom stereocenters. The standard InChI is InChI=1S/C36H39FN2O3S/c1-6-42-34(24(2)3)30-23-39(21-27-14-10-11-15-31(27)37)36-32(33(30)40)29(22-38(4)20-25-12-8-7-9-13-25)35(43-36)26-16-18-28(41-5)19-17-26/h7-19,23-24,34H,6,20-22H2,1-5H3. The number of thiophene rings is 1. The van der Waals surface area contributed by atoms with Crippen LogP contribution in [0.2, 0.25) is 0 Å². The fourth-order valence-corrected chi connectivity index (χ4v) is 6.91. The molecule has 0 aliphatic rings. The molecule has 5 nitrogen and oxygen atoms in total. The quantitative estimate of drug-likeness (QED) is 0.145. The number of rotatable bonds is 12. The van der Waals surface area contributed by atoms with Gasteiger partial charge >= 0.3 is 0 Å². The molecule has 0 saturated heterocycles. The van der Waals surface area contributed by atoms with Gasteiger partial charge in [-0.15, -0.1) is 11.3 Å². The van der Waals surface area contributed by atoms with Gasteiger partial charge in [-0.3, -0.25) is 9.69 Å². The summed E-state index contributed by atoms with van der Waals surface area (Å²) in [6.07, 6.45) is 1.51. The fraction of sp³-hybridized carbons (Fsp3) is 0.306. The molecule has 7 heteroatoms. The summed E-state index contributed by atoms with van der Waals surface area (Å²) in [5.41, 5.74) is 4.32. The molecule has 0 aliphatic heterocycles. The number of ether oxygens (including phenoxy) is 2. The van der Waals surface area contributed by atoms with Crippen LogP contribution in [-0.2, 0) is 24.4 Å². The summed E-state index contributed by atoms with van der Waals surface area (Å²) in [6.45, 7) is 8.16. The molecule has 43 heavy (non-hydrogen) atoms. The van der Waals surface area contributed by atoms with Crippen LogP contribution in [0.5, 0.6) is 5.75 Å². The van der Waals surface area contributed by atoms with Gasteiger partial charge in [0.25, 0.3) is 0 Å². The van der Waals surface area contributed by atoms with E-state index in [1.807, 2.05) is 66.2 Å². The summed E-state index contributed by atoms with van der Waals surface area (Å²) in [4.78, 5) is 18.6. The van der Waals surface area contributed by atoms with Crippen LogP contribution in [0, 0.1) is 11.7 Å². The zero-order valence-corrected chi connectivity index (χ0v) is 26.3. The van der Waals surface area contributed by atoms with E-state index in [9.17, 15) is 9.18 Å². The van der Waals surface area contributed by atoms with E-state index in [1.54, 1.807) is 30.6 Å². The van der Waals surface area contributed by atoms with Gasteiger partial charge in [-0.05, 0) is 66.9 Å². The van der Waals surface area contributed by atoms with Crippen LogP contribution in [0.1, 0.15) is 49.1 Å². The lowest BCUT2D eigenvalue weighted by Gasteiger charge is -2.23. The monoisotopic (exact) mass is 598 g/mol. The number of benzene rings is 3. The van der Waals surface area contributed by atoms with Gasteiger partial charge in [0.15, 0.2) is 5.43 Å². The maximum absolute atomic E-state index is 14.9. The van der Waals surface area contributed by atoms with Crippen molar-refractivity contribution in [3.63, 3.8) is 0 Å². The minimum Gasteiger partial charge on any atom is -0.497 e. The Morgan fingerprint density at radius 3 is 2.30 bits per heavy atom. The van der Waals surface area contributed by atoms with Crippen molar-refractivity contribution in [3.05, 3.63) is 123 Å². The third-order valence-electron chi connectivity index (χ3n) is 7.67. The summed E-state index contributed by atoms with van der Waals surface area (Å²) < 4.78 is 28.6. The smallest absolute Gasteiger partial charge is 0.196 e. The lowest BCUT2D eigenvalue weighted by Crippen LogP contribution is -2.24. The molecule has 1 atom stereocenters. The highest BCUT2D eigenvalue weighted by atomic mass is 32.1. The number of pyridine rings is 1. The second-order valence-electron chi connectivity index (χ2n) is 11.2. The van der Waals surface area contributed by atoms with Crippen molar-refractivity contribution >= 4 is 21.6 Å². The Morgan fingerprint density at radius 1 is 0.953 bits per heavy atom. The van der Waals surface area contributed by atoms with Crippen LogP contribution in [0.25, 0.3) is 20.7 Å². The van der Waals surface area contributed by atoms with E-state index in [4.69, 9.17) is 9.47 Å². The molecule has 0 amide bonds. The van der Waals surface area contributed by atoms with Gasteiger partial charge in [0.2, 0.25) is 0 Å². The van der Waals surface area contributed by atoms with Crippen LogP contribution in [0.4, 0.5) is 4.39 Å². The van der Waals surface area contributed by atoms with E-state index in [1.165, 1.54) is 11.6 Å². The molecule has 224 valence electrons. The van der Waals surface area contributed by atoms with E-state index < -0.39 is 0 Å². The van der Waals surface area contributed by atoms with E-state index in [-0.39, 0.29) is 23.3 Å². The molecule has 0 saturated carbocycles. The highest BCUT2D eigenvalue weighted by Gasteiger charge is 2.27. The number of halogens is 1. The number of methoxy groups -OCH3 is 1. The molecular formula is C36H39FN2O3S. The molecular weight excluding hydrogens is 559 g/mol. The SMILES string of the molecule is CCOC(c1cn(Cc2ccccc2F)c2sc(-c3ccc(OC)cc3)c(CN(C)Cc3ccccc3)c2c1=O)C(C)C. The Hall–Kier alpha value is -3.78. The van der Waals surface area contributed by atoms with Crippen molar-refractivity contribution < 1.29 is 13.9 Å². The minimum atomic E-state index is -0.381. The minimum absolute atomic E-state index is 0.0222. The first-order chi connectivity index (χ1) is 20.8. The summed E-state index contributed by atoms with van der Waals surface area (Å²) in [6, 6.07) is 25.1. The summed E-state index contributed by atoms with van der Waals surface area (Å²) in [7, 11) is 3.73. The Bertz CT molecular complexity index is 1730. The van der Waals surface area contributed by atoms with Crippen LogP contribution in [0.3, 0.4) is 0 Å². The van der Waals surface area contributed by atoms with Crippen LogP contribution < -0.4 is 10.2 Å². The van der Waals surface area contributed by atoms with Gasteiger partial charge in [-0.25, -0.2) is 4.39 Å². The average molecular weight is 599 g/mol. The molecule has 0 fully saturated rings. The van der Waals surface area contributed by atoms with E-state index >= 15 is 0 Å². The summed E-state index contributed by atoms with van der Waals surface area (Å²) >= 11 is 1.58. The van der Waals surface area contributed by atoms with Crippen molar-refractivity contribution in [3.8, 4) is 16.2 Å². The normalized spacial score (nSPS) is 12.4. The van der Waals surface area contributed by atoms with Crippen molar-refractivity contribution in [1.29, 1.82) is 0 Å². The predicted octanol–water partition coefficient (Wildman–Crippen LogP) is 8.29. The van der Waals surface area contributed by atoms with E-state index in [2.05, 4.69) is 37.9 Å². The molecule has 0 spiro atoms. The highest BCUT2D eigenvalue weighted by molar-refractivity contribution is 7.22. The summed E-state index contributed by atoms with van der Waals surface area (Å²) in [5, 5.41) is 0.676. The van der Waals surface area contributed by atoms with Crippen molar-refractivity contribution in [2.75, 3.05) is 20.8 Å². The first-order valence-electron chi connectivity index (χ1n) is 14.7. The van der Waals surface area contributed by atoms with Crippen LogP contribution in [0.15, 0.2) is 89.9 Å². The summed E-state index contributed by atoms with van der Waals surface area (Å²) in [5.74, 6) is 0.581. The molecule has 0 radical (unpaired) electrons. The van der Waals surface area contributed by atoms with Crippen molar-refractivity contribution in [2.24, 2.45) is 5.92 Å².